The lowest BCUT2D eigenvalue weighted by molar-refractivity contribution is -0.136. The summed E-state index contributed by atoms with van der Waals surface area (Å²) in [5.74, 6) is -0.0483. The Balaban J connectivity index is 2.04. The van der Waals surface area contributed by atoms with Crippen molar-refractivity contribution in [3.8, 4) is 5.75 Å². The van der Waals surface area contributed by atoms with Crippen LogP contribution in [-0.4, -0.2) is 29.1 Å². The minimum Gasteiger partial charge on any atom is -0.482 e. The number of nitrogens with one attached hydrogen (secondary N) is 2. The Kier molecular flexibility index (Phi) is 3.44. The van der Waals surface area contributed by atoms with Crippen LogP contribution in [0.5, 0.6) is 5.75 Å². The minimum absolute atomic E-state index is 0.0157. The fraction of sp³-hybridized carbons (Fsp3) is 0.385. The van der Waals surface area contributed by atoms with Crippen LogP contribution in [0.15, 0.2) is 18.2 Å². The summed E-state index contributed by atoms with van der Waals surface area (Å²) in [4.78, 5) is 22.7. The molecular weight excluding hydrogens is 248 g/mol. The van der Waals surface area contributed by atoms with Crippen molar-refractivity contribution in [3.63, 3.8) is 0 Å². The summed E-state index contributed by atoms with van der Waals surface area (Å²) in [6.45, 7) is 3.13. The maximum Gasteiger partial charge on any atom is 0.262 e. The molecule has 2 rings (SSSR count). The van der Waals surface area contributed by atoms with Gasteiger partial charge in [-0.05, 0) is 31.5 Å². The maximum atomic E-state index is 11.5. The topological polar surface area (TPSA) is 87.7 Å². The van der Waals surface area contributed by atoms with Gasteiger partial charge in [-0.15, -0.1) is 0 Å². The summed E-state index contributed by atoms with van der Waals surface area (Å²) in [5, 5.41) is 14.8. The quantitative estimate of drug-likeness (QED) is 0.737. The summed E-state index contributed by atoms with van der Waals surface area (Å²) < 4.78 is 5.23. The first-order valence-electron chi connectivity index (χ1n) is 5.92. The number of hydrogen-bond donors (Lipinski definition) is 3. The Hall–Kier alpha value is -2.08. The molecule has 0 radical (unpaired) electrons. The average molecular weight is 264 g/mol. The van der Waals surface area contributed by atoms with Gasteiger partial charge in [-0.1, -0.05) is 6.07 Å². The van der Waals surface area contributed by atoms with Gasteiger partial charge in [0.2, 0.25) is 0 Å². The van der Waals surface area contributed by atoms with E-state index in [1.54, 1.807) is 18.2 Å². The third kappa shape index (κ3) is 3.23. The molecule has 0 aromatic heterocycles. The van der Waals surface area contributed by atoms with E-state index in [-0.39, 0.29) is 19.1 Å². The van der Waals surface area contributed by atoms with Crippen LogP contribution in [0.25, 0.3) is 0 Å². The van der Waals surface area contributed by atoms with Gasteiger partial charge in [-0.25, -0.2) is 0 Å². The molecule has 2 amide bonds. The highest BCUT2D eigenvalue weighted by molar-refractivity contribution is 5.95. The van der Waals surface area contributed by atoms with Gasteiger partial charge in [0, 0.05) is 6.54 Å². The highest BCUT2D eigenvalue weighted by Crippen LogP contribution is 2.28. The van der Waals surface area contributed by atoms with Gasteiger partial charge >= 0.3 is 0 Å². The molecule has 0 atom stereocenters. The number of amides is 2. The van der Waals surface area contributed by atoms with Crippen LogP contribution in [-0.2, 0) is 16.1 Å². The molecule has 0 saturated heterocycles. The Bertz CT molecular complexity index is 520. The average Bonchev–Trinajstić information content (AvgIpc) is 2.34. The predicted molar refractivity (Wildman–Crippen MR) is 68.7 cm³/mol. The van der Waals surface area contributed by atoms with Crippen molar-refractivity contribution in [2.75, 3.05) is 11.9 Å². The van der Waals surface area contributed by atoms with E-state index in [1.165, 1.54) is 13.8 Å². The molecule has 1 aliphatic rings. The van der Waals surface area contributed by atoms with E-state index in [0.717, 1.165) is 5.56 Å². The molecule has 102 valence electrons. The number of anilines is 1. The van der Waals surface area contributed by atoms with E-state index < -0.39 is 11.5 Å². The molecule has 0 fully saturated rings. The van der Waals surface area contributed by atoms with Crippen molar-refractivity contribution < 1.29 is 19.4 Å². The monoisotopic (exact) mass is 264 g/mol. The van der Waals surface area contributed by atoms with Crippen molar-refractivity contribution in [3.05, 3.63) is 23.8 Å². The minimum atomic E-state index is -1.41. The van der Waals surface area contributed by atoms with Crippen LogP contribution in [0, 0.1) is 0 Å². The molecular formula is C13H16N2O4. The lowest BCUT2D eigenvalue weighted by Gasteiger charge is -2.19. The summed E-state index contributed by atoms with van der Waals surface area (Å²) in [6, 6.07) is 5.26. The SMILES string of the molecule is CC(C)(O)C(=O)NCc1ccc2c(c1)NC(=O)CO2. The number of benzene rings is 1. The summed E-state index contributed by atoms with van der Waals surface area (Å²) >= 11 is 0. The standard InChI is InChI=1S/C13H16N2O4/c1-13(2,18)12(17)14-6-8-3-4-10-9(5-8)15-11(16)7-19-10/h3-5,18H,6-7H2,1-2H3,(H,14,17)(H,15,16). The summed E-state index contributed by atoms with van der Waals surface area (Å²) in [5.41, 5.74) is -0.0145. The zero-order valence-electron chi connectivity index (χ0n) is 10.8. The molecule has 19 heavy (non-hydrogen) atoms. The van der Waals surface area contributed by atoms with Gasteiger partial charge in [-0.3, -0.25) is 9.59 Å². The Morgan fingerprint density at radius 2 is 2.26 bits per heavy atom. The van der Waals surface area contributed by atoms with Crippen LogP contribution >= 0.6 is 0 Å². The third-order valence-corrected chi connectivity index (χ3v) is 2.69. The highest BCUT2D eigenvalue weighted by Gasteiger charge is 2.23. The smallest absolute Gasteiger partial charge is 0.262 e. The third-order valence-electron chi connectivity index (χ3n) is 2.69. The van der Waals surface area contributed by atoms with Crippen LogP contribution in [0.2, 0.25) is 0 Å². The van der Waals surface area contributed by atoms with Gasteiger partial charge in [0.25, 0.3) is 11.8 Å². The van der Waals surface area contributed by atoms with Gasteiger partial charge in [-0.2, -0.15) is 0 Å². The van der Waals surface area contributed by atoms with Crippen LogP contribution < -0.4 is 15.4 Å². The highest BCUT2D eigenvalue weighted by atomic mass is 16.5. The zero-order valence-corrected chi connectivity index (χ0v) is 10.8. The molecule has 1 aliphatic heterocycles. The van der Waals surface area contributed by atoms with E-state index in [2.05, 4.69) is 10.6 Å². The van der Waals surface area contributed by atoms with E-state index in [1.807, 2.05) is 0 Å². The normalized spacial score (nSPS) is 14.2. The second kappa shape index (κ2) is 4.89. The molecule has 6 heteroatoms. The lowest BCUT2D eigenvalue weighted by Crippen LogP contribution is -2.41. The molecule has 1 aromatic carbocycles. The number of carbonyl (C=O) groups excluding carboxylic acids is 2. The van der Waals surface area contributed by atoms with Gasteiger partial charge in [0.1, 0.15) is 11.4 Å². The first-order chi connectivity index (χ1) is 8.86. The first kappa shape index (κ1) is 13.4. The summed E-state index contributed by atoms with van der Waals surface area (Å²) in [7, 11) is 0. The van der Waals surface area contributed by atoms with Crippen LogP contribution in [0.4, 0.5) is 5.69 Å². The summed E-state index contributed by atoms with van der Waals surface area (Å²) in [6.07, 6.45) is 0. The molecule has 3 N–H and O–H groups in total. The van der Waals surface area contributed by atoms with Crippen molar-refractivity contribution >= 4 is 17.5 Å². The van der Waals surface area contributed by atoms with Gasteiger partial charge in [0.05, 0.1) is 5.69 Å². The van der Waals surface area contributed by atoms with E-state index in [4.69, 9.17) is 4.74 Å². The van der Waals surface area contributed by atoms with Gasteiger partial charge in [0.15, 0.2) is 6.61 Å². The second-order valence-corrected chi connectivity index (χ2v) is 4.91. The van der Waals surface area contributed by atoms with Crippen molar-refractivity contribution in [1.82, 2.24) is 5.32 Å². The molecule has 0 spiro atoms. The molecule has 0 saturated carbocycles. The van der Waals surface area contributed by atoms with E-state index in [9.17, 15) is 14.7 Å². The molecule has 0 bridgehead atoms. The Morgan fingerprint density at radius 1 is 1.53 bits per heavy atom. The number of ether oxygens (including phenoxy) is 1. The fourth-order valence-corrected chi connectivity index (χ4v) is 1.64. The van der Waals surface area contributed by atoms with Crippen molar-refractivity contribution in [1.29, 1.82) is 0 Å². The maximum absolute atomic E-state index is 11.5. The van der Waals surface area contributed by atoms with Crippen LogP contribution in [0.3, 0.4) is 0 Å². The second-order valence-electron chi connectivity index (χ2n) is 4.91. The van der Waals surface area contributed by atoms with Crippen LogP contribution in [0.1, 0.15) is 19.4 Å². The number of fused-ring (bicyclic) bond motifs is 1. The molecule has 1 heterocycles. The van der Waals surface area contributed by atoms with Gasteiger partial charge < -0.3 is 20.5 Å². The fourth-order valence-electron chi connectivity index (χ4n) is 1.64. The molecule has 6 nitrogen and oxygen atoms in total. The molecule has 0 aliphatic carbocycles. The van der Waals surface area contributed by atoms with E-state index in [0.29, 0.717) is 11.4 Å². The van der Waals surface area contributed by atoms with Crippen molar-refractivity contribution in [2.24, 2.45) is 0 Å². The number of aliphatic hydroxyl groups is 1. The molecule has 1 aromatic rings. The van der Waals surface area contributed by atoms with Crippen molar-refractivity contribution in [2.45, 2.75) is 26.0 Å². The number of hydrogen-bond acceptors (Lipinski definition) is 4. The Labute approximate surface area is 110 Å². The van der Waals surface area contributed by atoms with E-state index >= 15 is 0 Å². The lowest BCUT2D eigenvalue weighted by atomic mass is 10.1. The predicted octanol–water partition coefficient (Wildman–Crippen LogP) is 0.405. The number of rotatable bonds is 3. The molecule has 0 unspecified atom stereocenters. The largest absolute Gasteiger partial charge is 0.482 e. The number of carbonyl (C=O) groups is 2. The first-order valence-corrected chi connectivity index (χ1v) is 5.92. The zero-order chi connectivity index (χ0) is 14.0. The Morgan fingerprint density at radius 3 is 2.95 bits per heavy atom.